The quantitative estimate of drug-likeness (QED) is 0.869. The molecule has 0 aliphatic heterocycles. The van der Waals surface area contributed by atoms with Gasteiger partial charge < -0.3 is 0 Å². The molecule has 9 heteroatoms. The van der Waals surface area contributed by atoms with Crippen molar-refractivity contribution in [1.82, 2.24) is 0 Å². The smallest absolute Gasteiger partial charge is 0.238 e. The molecule has 114 valence electrons. The number of nitrogens with two attached hydrogens (primary N) is 1. The van der Waals surface area contributed by atoms with Crippen molar-refractivity contribution in [3.63, 3.8) is 0 Å². The van der Waals surface area contributed by atoms with Gasteiger partial charge in [0.05, 0.1) is 16.3 Å². The van der Waals surface area contributed by atoms with E-state index < -0.39 is 36.2 Å². The van der Waals surface area contributed by atoms with Gasteiger partial charge in [0.25, 0.3) is 0 Å². The molecular formula is C11H17FN2O4S2. The average Bonchev–Trinajstić information content (AvgIpc) is 2.15. The molecule has 1 rings (SSSR count). The van der Waals surface area contributed by atoms with Gasteiger partial charge in [-0.05, 0) is 23.6 Å². The molecule has 0 saturated heterocycles. The molecule has 0 fully saturated rings. The number of hydrogen-bond donors (Lipinski definition) is 2. The Morgan fingerprint density at radius 2 is 1.75 bits per heavy atom. The van der Waals surface area contributed by atoms with Crippen LogP contribution in [0.2, 0.25) is 0 Å². The molecule has 0 aromatic heterocycles. The average molecular weight is 324 g/mol. The predicted molar refractivity (Wildman–Crippen MR) is 74.6 cm³/mol. The summed E-state index contributed by atoms with van der Waals surface area (Å²) >= 11 is 0. The fourth-order valence-corrected chi connectivity index (χ4v) is 3.77. The SMILES string of the molecule is CC(C)(C)CS(=O)(=O)Nc1ccc(S(N)(=O)=O)cc1F. The third kappa shape index (κ3) is 5.06. The van der Waals surface area contributed by atoms with Crippen molar-refractivity contribution in [2.45, 2.75) is 25.7 Å². The lowest BCUT2D eigenvalue weighted by atomic mass is 10.0. The highest BCUT2D eigenvalue weighted by Gasteiger charge is 2.23. The molecule has 0 aliphatic carbocycles. The van der Waals surface area contributed by atoms with Crippen molar-refractivity contribution in [2.24, 2.45) is 10.6 Å². The number of primary sulfonamides is 1. The summed E-state index contributed by atoms with van der Waals surface area (Å²) in [6, 6.07) is 2.73. The predicted octanol–water partition coefficient (Wildman–Crippen LogP) is 1.26. The Labute approximate surface area is 118 Å². The fourth-order valence-electron chi connectivity index (χ4n) is 1.53. The second-order valence-electron chi connectivity index (χ2n) is 5.61. The minimum atomic E-state index is -4.03. The van der Waals surface area contributed by atoms with Gasteiger partial charge in [-0.3, -0.25) is 4.72 Å². The van der Waals surface area contributed by atoms with Crippen molar-refractivity contribution in [3.8, 4) is 0 Å². The lowest BCUT2D eigenvalue weighted by Gasteiger charge is -2.19. The number of benzene rings is 1. The summed E-state index contributed by atoms with van der Waals surface area (Å²) in [4.78, 5) is -0.422. The standard InChI is InChI=1S/C11H17FN2O4S2/c1-11(2,3)7-19(15,16)14-10-5-4-8(6-9(10)12)20(13,17)18/h4-6,14H,7H2,1-3H3,(H2,13,17,18). The van der Waals surface area contributed by atoms with E-state index in [4.69, 9.17) is 5.14 Å². The Bertz CT molecular complexity index is 706. The van der Waals surface area contributed by atoms with Gasteiger partial charge in [-0.25, -0.2) is 26.4 Å². The van der Waals surface area contributed by atoms with E-state index in [9.17, 15) is 21.2 Å². The zero-order valence-corrected chi connectivity index (χ0v) is 13.0. The van der Waals surface area contributed by atoms with Gasteiger partial charge in [-0.2, -0.15) is 0 Å². The molecule has 0 saturated carbocycles. The summed E-state index contributed by atoms with van der Waals surface area (Å²) in [7, 11) is -7.77. The lowest BCUT2D eigenvalue weighted by molar-refractivity contribution is 0.463. The van der Waals surface area contributed by atoms with Crippen LogP contribution < -0.4 is 9.86 Å². The van der Waals surface area contributed by atoms with E-state index in [1.54, 1.807) is 20.8 Å². The third-order valence-corrected chi connectivity index (χ3v) is 4.85. The van der Waals surface area contributed by atoms with Crippen LogP contribution >= 0.6 is 0 Å². The maximum atomic E-state index is 13.7. The van der Waals surface area contributed by atoms with Crippen LogP contribution in [0.15, 0.2) is 23.1 Å². The Morgan fingerprint density at radius 3 is 2.15 bits per heavy atom. The van der Waals surface area contributed by atoms with Gasteiger partial charge in [0.15, 0.2) is 0 Å². The van der Waals surface area contributed by atoms with E-state index in [1.165, 1.54) is 0 Å². The summed E-state index contributed by atoms with van der Waals surface area (Å²) in [6.45, 7) is 5.19. The number of nitrogens with one attached hydrogen (secondary N) is 1. The first kappa shape index (κ1) is 16.9. The van der Waals surface area contributed by atoms with Crippen LogP contribution in [0.1, 0.15) is 20.8 Å². The molecule has 0 unspecified atom stereocenters. The summed E-state index contributed by atoms with van der Waals surface area (Å²) in [5.74, 6) is -1.20. The van der Waals surface area contributed by atoms with E-state index in [-0.39, 0.29) is 11.4 Å². The lowest BCUT2D eigenvalue weighted by Crippen LogP contribution is -2.26. The zero-order valence-electron chi connectivity index (χ0n) is 11.3. The maximum absolute atomic E-state index is 13.7. The first-order chi connectivity index (χ1) is 8.80. The molecule has 0 amide bonds. The molecule has 0 spiro atoms. The van der Waals surface area contributed by atoms with E-state index in [0.29, 0.717) is 6.07 Å². The van der Waals surface area contributed by atoms with Gasteiger partial charge in [-0.15, -0.1) is 0 Å². The number of hydrogen-bond acceptors (Lipinski definition) is 4. The van der Waals surface area contributed by atoms with Crippen molar-refractivity contribution in [1.29, 1.82) is 0 Å². The Morgan fingerprint density at radius 1 is 1.20 bits per heavy atom. The van der Waals surface area contributed by atoms with Gasteiger partial charge in [0.1, 0.15) is 5.82 Å². The highest BCUT2D eigenvalue weighted by Crippen LogP contribution is 2.22. The molecule has 1 aromatic carbocycles. The summed E-state index contributed by atoms with van der Waals surface area (Å²) in [5.41, 5.74) is -0.815. The van der Waals surface area contributed by atoms with Crippen molar-refractivity contribution in [2.75, 3.05) is 10.5 Å². The number of rotatable bonds is 4. The maximum Gasteiger partial charge on any atom is 0.238 e. The molecule has 1 aromatic rings. The molecule has 0 radical (unpaired) electrons. The number of halogens is 1. The minimum absolute atomic E-state index is 0.198. The molecule has 0 heterocycles. The highest BCUT2D eigenvalue weighted by molar-refractivity contribution is 7.92. The molecule has 3 N–H and O–H groups in total. The second-order valence-corrected chi connectivity index (χ2v) is 8.89. The van der Waals surface area contributed by atoms with Crippen LogP contribution in [-0.4, -0.2) is 22.6 Å². The topological polar surface area (TPSA) is 106 Å². The van der Waals surface area contributed by atoms with Crippen LogP contribution in [0, 0.1) is 11.2 Å². The molecule has 6 nitrogen and oxygen atoms in total. The normalized spacial score (nSPS) is 13.2. The van der Waals surface area contributed by atoms with E-state index in [0.717, 1.165) is 12.1 Å². The molecule has 20 heavy (non-hydrogen) atoms. The van der Waals surface area contributed by atoms with Crippen molar-refractivity contribution >= 4 is 25.7 Å². The van der Waals surface area contributed by atoms with Gasteiger partial charge in [-0.1, -0.05) is 20.8 Å². The Balaban J connectivity index is 3.07. The van der Waals surface area contributed by atoms with Crippen LogP contribution in [0.4, 0.5) is 10.1 Å². The molecule has 0 atom stereocenters. The second kappa shape index (κ2) is 5.30. The zero-order chi connectivity index (χ0) is 15.8. The highest BCUT2D eigenvalue weighted by atomic mass is 32.2. The minimum Gasteiger partial charge on any atom is -0.281 e. The molecule has 0 aliphatic rings. The largest absolute Gasteiger partial charge is 0.281 e. The fraction of sp³-hybridized carbons (Fsp3) is 0.455. The monoisotopic (exact) mass is 324 g/mol. The van der Waals surface area contributed by atoms with E-state index >= 15 is 0 Å². The summed E-state index contributed by atoms with van der Waals surface area (Å²) in [6.07, 6.45) is 0. The third-order valence-electron chi connectivity index (χ3n) is 2.16. The van der Waals surface area contributed by atoms with Gasteiger partial charge in [0.2, 0.25) is 20.0 Å². The van der Waals surface area contributed by atoms with E-state index in [2.05, 4.69) is 4.72 Å². The van der Waals surface area contributed by atoms with Crippen LogP contribution in [-0.2, 0) is 20.0 Å². The summed E-state index contributed by atoms with van der Waals surface area (Å²) in [5, 5.41) is 4.85. The van der Waals surface area contributed by atoms with Crippen LogP contribution in [0.3, 0.4) is 0 Å². The number of sulfonamides is 2. The first-order valence-corrected chi connectivity index (χ1v) is 8.83. The Hall–Kier alpha value is -1.19. The van der Waals surface area contributed by atoms with Gasteiger partial charge in [0, 0.05) is 0 Å². The van der Waals surface area contributed by atoms with E-state index in [1.807, 2.05) is 0 Å². The van der Waals surface area contributed by atoms with Gasteiger partial charge >= 0.3 is 0 Å². The Kier molecular flexibility index (Phi) is 4.47. The molecular weight excluding hydrogens is 307 g/mol. The van der Waals surface area contributed by atoms with Crippen molar-refractivity contribution in [3.05, 3.63) is 24.0 Å². The first-order valence-electron chi connectivity index (χ1n) is 5.63. The van der Waals surface area contributed by atoms with Crippen LogP contribution in [0.25, 0.3) is 0 Å². The van der Waals surface area contributed by atoms with Crippen LogP contribution in [0.5, 0.6) is 0 Å². The number of anilines is 1. The van der Waals surface area contributed by atoms with Crippen molar-refractivity contribution < 1.29 is 21.2 Å². The summed E-state index contributed by atoms with van der Waals surface area (Å²) < 4.78 is 61.5. The molecule has 0 bridgehead atoms.